The Balaban J connectivity index is 2.16. The van der Waals surface area contributed by atoms with Crippen molar-refractivity contribution in [2.75, 3.05) is 47.5 Å². The number of aliphatic hydroxyl groups excluding tert-OH is 1. The smallest absolute Gasteiger partial charge is 0.256 e. The lowest BCUT2D eigenvalue weighted by atomic mass is 9.90. The number of nitrogens with zero attached hydrogens (tertiary/aromatic N) is 2. The van der Waals surface area contributed by atoms with Crippen LogP contribution in [0.3, 0.4) is 0 Å². The minimum Gasteiger partial charge on any atom is -0.493 e. The summed E-state index contributed by atoms with van der Waals surface area (Å²) in [6.45, 7) is 1.55. The second-order valence-electron chi connectivity index (χ2n) is 6.48. The lowest BCUT2D eigenvalue weighted by Gasteiger charge is -2.40. The highest BCUT2D eigenvalue weighted by molar-refractivity contribution is 5.86. The van der Waals surface area contributed by atoms with Crippen molar-refractivity contribution in [3.8, 4) is 11.5 Å². The zero-order valence-electron chi connectivity index (χ0n) is 15.2. The molecule has 2 rings (SSSR count). The van der Waals surface area contributed by atoms with Gasteiger partial charge in [0.2, 0.25) is 0 Å². The van der Waals surface area contributed by atoms with Gasteiger partial charge in [-0.25, -0.2) is 0 Å². The minimum absolute atomic E-state index is 0.00844. The fourth-order valence-electron chi connectivity index (χ4n) is 3.34. The Kier molecular flexibility index (Phi) is 6.64. The topological polar surface area (TPSA) is 82.5 Å². The van der Waals surface area contributed by atoms with E-state index < -0.39 is 5.60 Å². The Morgan fingerprint density at radius 3 is 2.72 bits per heavy atom. The van der Waals surface area contributed by atoms with Gasteiger partial charge < -0.3 is 29.5 Å². The summed E-state index contributed by atoms with van der Waals surface area (Å²) in [6.07, 6.45) is 1.15. The van der Waals surface area contributed by atoms with Crippen LogP contribution in [-0.4, -0.2) is 79.0 Å². The first-order valence-electron chi connectivity index (χ1n) is 8.46. The van der Waals surface area contributed by atoms with Crippen molar-refractivity contribution in [1.82, 2.24) is 9.80 Å². The summed E-state index contributed by atoms with van der Waals surface area (Å²) in [5.41, 5.74) is -0.586. The van der Waals surface area contributed by atoms with Crippen LogP contribution < -0.4 is 9.47 Å². The number of hydrogen-bond donors (Lipinski definition) is 2. The van der Waals surface area contributed by atoms with Gasteiger partial charge in [0.05, 0.1) is 20.8 Å². The van der Waals surface area contributed by atoms with Crippen LogP contribution in [0.25, 0.3) is 0 Å². The monoisotopic (exact) mass is 352 g/mol. The van der Waals surface area contributed by atoms with Gasteiger partial charge in [-0.15, -0.1) is 0 Å². The van der Waals surface area contributed by atoms with Gasteiger partial charge in [-0.1, -0.05) is 12.1 Å². The standard InChI is InChI=1S/C18H28N2O5/c1-19(10-11-21)13-18(23)8-5-9-20(17(18)22)12-14-6-4-7-15(24-2)16(14)25-3/h4,6-7,21,23H,5,8-13H2,1-3H3/t18-/m1/s1. The summed E-state index contributed by atoms with van der Waals surface area (Å²) in [5, 5.41) is 19.9. The molecule has 0 spiro atoms. The molecule has 1 aliphatic rings. The van der Waals surface area contributed by atoms with Crippen LogP contribution >= 0.6 is 0 Å². The van der Waals surface area contributed by atoms with Crippen LogP contribution in [0.2, 0.25) is 0 Å². The van der Waals surface area contributed by atoms with E-state index in [1.165, 1.54) is 0 Å². The molecule has 0 unspecified atom stereocenters. The molecule has 1 saturated heterocycles. The molecule has 1 heterocycles. The van der Waals surface area contributed by atoms with Crippen LogP contribution in [0.4, 0.5) is 0 Å². The fourth-order valence-corrected chi connectivity index (χ4v) is 3.34. The van der Waals surface area contributed by atoms with Crippen molar-refractivity contribution >= 4 is 5.91 Å². The van der Waals surface area contributed by atoms with E-state index in [9.17, 15) is 9.90 Å². The van der Waals surface area contributed by atoms with Crippen molar-refractivity contribution in [3.05, 3.63) is 23.8 Å². The maximum absolute atomic E-state index is 12.9. The number of methoxy groups -OCH3 is 2. The highest BCUT2D eigenvalue weighted by Gasteiger charge is 2.42. The summed E-state index contributed by atoms with van der Waals surface area (Å²) in [6, 6.07) is 5.55. The van der Waals surface area contributed by atoms with Crippen LogP contribution in [0.5, 0.6) is 11.5 Å². The number of hydrogen-bond acceptors (Lipinski definition) is 6. The van der Waals surface area contributed by atoms with E-state index >= 15 is 0 Å². The Morgan fingerprint density at radius 1 is 1.32 bits per heavy atom. The summed E-state index contributed by atoms with van der Waals surface area (Å²) in [7, 11) is 4.93. The van der Waals surface area contributed by atoms with Gasteiger partial charge in [0.25, 0.3) is 5.91 Å². The number of likely N-dealkylation sites (N-methyl/N-ethyl adjacent to an activating group) is 1. The largest absolute Gasteiger partial charge is 0.493 e. The number of rotatable bonds is 8. The second kappa shape index (κ2) is 8.51. The molecule has 2 N–H and O–H groups in total. The van der Waals surface area contributed by atoms with Gasteiger partial charge >= 0.3 is 0 Å². The van der Waals surface area contributed by atoms with Crippen molar-refractivity contribution in [1.29, 1.82) is 0 Å². The molecule has 1 aromatic rings. The number of likely N-dealkylation sites (tertiary alicyclic amines) is 1. The molecule has 140 valence electrons. The molecule has 7 nitrogen and oxygen atoms in total. The zero-order chi connectivity index (χ0) is 18.4. The van der Waals surface area contributed by atoms with E-state index in [-0.39, 0.29) is 19.1 Å². The molecule has 0 radical (unpaired) electrons. The Hall–Kier alpha value is -1.83. The third-order valence-corrected chi connectivity index (χ3v) is 4.56. The Labute approximate surface area is 148 Å². The first-order valence-corrected chi connectivity index (χ1v) is 8.46. The van der Waals surface area contributed by atoms with E-state index in [1.54, 1.807) is 37.1 Å². The lowest BCUT2D eigenvalue weighted by Crippen LogP contribution is -2.58. The van der Waals surface area contributed by atoms with E-state index in [1.807, 2.05) is 12.1 Å². The normalized spacial score (nSPS) is 20.9. The molecule has 25 heavy (non-hydrogen) atoms. The maximum atomic E-state index is 12.9. The van der Waals surface area contributed by atoms with Crippen molar-refractivity contribution < 1.29 is 24.5 Å². The molecule has 0 bridgehead atoms. The Bertz CT molecular complexity index is 595. The molecule has 1 aliphatic heterocycles. The van der Waals surface area contributed by atoms with E-state index in [2.05, 4.69) is 0 Å². The number of aliphatic hydroxyl groups is 2. The average Bonchev–Trinajstić information content (AvgIpc) is 2.59. The van der Waals surface area contributed by atoms with Crippen LogP contribution in [-0.2, 0) is 11.3 Å². The molecule has 0 aliphatic carbocycles. The zero-order valence-corrected chi connectivity index (χ0v) is 15.2. The van der Waals surface area contributed by atoms with Gasteiger partial charge in [0, 0.05) is 31.7 Å². The first kappa shape index (κ1) is 19.5. The lowest BCUT2D eigenvalue weighted by molar-refractivity contribution is -0.160. The predicted octanol–water partition coefficient (Wildman–Crippen LogP) is 0.481. The number of para-hydroxylation sites is 1. The highest BCUT2D eigenvalue weighted by atomic mass is 16.5. The van der Waals surface area contributed by atoms with Crippen LogP contribution in [0.15, 0.2) is 18.2 Å². The number of amides is 1. The third-order valence-electron chi connectivity index (χ3n) is 4.56. The van der Waals surface area contributed by atoms with Crippen molar-refractivity contribution in [2.24, 2.45) is 0 Å². The van der Waals surface area contributed by atoms with Gasteiger partial charge in [-0.3, -0.25) is 4.79 Å². The molecule has 0 saturated carbocycles. The molecule has 1 fully saturated rings. The number of piperidine rings is 1. The quantitative estimate of drug-likeness (QED) is 0.708. The van der Waals surface area contributed by atoms with Crippen LogP contribution in [0.1, 0.15) is 18.4 Å². The second-order valence-corrected chi connectivity index (χ2v) is 6.48. The third kappa shape index (κ3) is 4.42. The van der Waals surface area contributed by atoms with Crippen LogP contribution in [0, 0.1) is 0 Å². The molecule has 1 amide bonds. The molecular weight excluding hydrogens is 324 g/mol. The summed E-state index contributed by atoms with van der Waals surface area (Å²) in [5.74, 6) is 0.931. The number of ether oxygens (including phenoxy) is 2. The van der Waals surface area contributed by atoms with E-state index in [4.69, 9.17) is 14.6 Å². The van der Waals surface area contributed by atoms with E-state index in [0.717, 1.165) is 12.0 Å². The molecule has 0 aromatic heterocycles. The van der Waals surface area contributed by atoms with Gasteiger partial charge in [0.1, 0.15) is 0 Å². The average molecular weight is 352 g/mol. The number of benzene rings is 1. The van der Waals surface area contributed by atoms with Gasteiger partial charge in [-0.05, 0) is 26.0 Å². The summed E-state index contributed by atoms with van der Waals surface area (Å²) in [4.78, 5) is 16.3. The van der Waals surface area contributed by atoms with Gasteiger partial charge in [-0.2, -0.15) is 0 Å². The Morgan fingerprint density at radius 2 is 2.08 bits per heavy atom. The number of carbonyl (C=O) groups excluding carboxylic acids is 1. The maximum Gasteiger partial charge on any atom is 0.256 e. The highest BCUT2D eigenvalue weighted by Crippen LogP contribution is 2.33. The number of carbonyl (C=O) groups is 1. The van der Waals surface area contributed by atoms with Gasteiger partial charge in [0.15, 0.2) is 17.1 Å². The van der Waals surface area contributed by atoms with Crippen molar-refractivity contribution in [3.63, 3.8) is 0 Å². The fraction of sp³-hybridized carbons (Fsp3) is 0.611. The predicted molar refractivity (Wildman–Crippen MR) is 93.7 cm³/mol. The molecule has 1 atom stereocenters. The molecule has 7 heteroatoms. The SMILES string of the molecule is COc1cccc(CN2CCC[C@@](O)(CN(C)CCO)C2=O)c1OC. The van der Waals surface area contributed by atoms with E-state index in [0.29, 0.717) is 37.6 Å². The first-order chi connectivity index (χ1) is 11.9. The molecular formula is C18H28N2O5. The molecule has 1 aromatic carbocycles. The summed E-state index contributed by atoms with van der Waals surface area (Å²) >= 11 is 0. The minimum atomic E-state index is -1.42. The summed E-state index contributed by atoms with van der Waals surface area (Å²) < 4.78 is 10.7. The van der Waals surface area contributed by atoms with Crippen molar-refractivity contribution in [2.45, 2.75) is 25.0 Å².